The standard InChI is InChI=1S/C18H35N5O.HI/c1-19-17(23-11-5-18(15-23)6-14-24-16-18)20-7-3-9-22-10-4-8-21(2)12-13-22;/h3-16H2,1-2H3,(H,19,20);1H. The van der Waals surface area contributed by atoms with Crippen LogP contribution in [0.4, 0.5) is 0 Å². The highest BCUT2D eigenvalue weighted by molar-refractivity contribution is 14.0. The average Bonchev–Trinajstić information content (AvgIpc) is 3.16. The van der Waals surface area contributed by atoms with Gasteiger partial charge in [0.2, 0.25) is 0 Å². The number of hydrogen-bond donors (Lipinski definition) is 1. The van der Waals surface area contributed by atoms with Gasteiger partial charge in [-0.15, -0.1) is 24.0 Å². The number of nitrogens with one attached hydrogen (secondary N) is 1. The van der Waals surface area contributed by atoms with Crippen LogP contribution < -0.4 is 5.32 Å². The van der Waals surface area contributed by atoms with E-state index in [-0.39, 0.29) is 24.0 Å². The fraction of sp³-hybridized carbons (Fsp3) is 0.944. The van der Waals surface area contributed by atoms with Gasteiger partial charge in [-0.3, -0.25) is 4.99 Å². The van der Waals surface area contributed by atoms with Crippen LogP contribution in [0.25, 0.3) is 0 Å². The lowest BCUT2D eigenvalue weighted by Crippen LogP contribution is -2.42. The summed E-state index contributed by atoms with van der Waals surface area (Å²) in [4.78, 5) is 12.0. The van der Waals surface area contributed by atoms with Gasteiger partial charge in [-0.1, -0.05) is 0 Å². The summed E-state index contributed by atoms with van der Waals surface area (Å²) in [7, 11) is 4.14. The predicted octanol–water partition coefficient (Wildman–Crippen LogP) is 1.32. The summed E-state index contributed by atoms with van der Waals surface area (Å²) in [5, 5.41) is 3.58. The number of likely N-dealkylation sites (tertiary alicyclic amines) is 1. The Labute approximate surface area is 170 Å². The van der Waals surface area contributed by atoms with Gasteiger partial charge < -0.3 is 24.8 Å². The van der Waals surface area contributed by atoms with Gasteiger partial charge in [-0.05, 0) is 52.4 Å². The number of rotatable bonds is 4. The van der Waals surface area contributed by atoms with Crippen molar-refractivity contribution in [1.82, 2.24) is 20.0 Å². The van der Waals surface area contributed by atoms with E-state index in [1.165, 1.54) is 58.4 Å². The van der Waals surface area contributed by atoms with Crippen LogP contribution in [-0.4, -0.2) is 100 Å². The van der Waals surface area contributed by atoms with Crippen molar-refractivity contribution in [3.8, 4) is 0 Å². The number of likely N-dealkylation sites (N-methyl/N-ethyl adjacent to an activating group) is 1. The molecule has 0 saturated carbocycles. The molecule has 146 valence electrons. The molecule has 7 heteroatoms. The molecular weight excluding hydrogens is 429 g/mol. The van der Waals surface area contributed by atoms with Crippen molar-refractivity contribution in [3.05, 3.63) is 0 Å². The van der Waals surface area contributed by atoms with Gasteiger partial charge in [-0.2, -0.15) is 0 Å². The van der Waals surface area contributed by atoms with Crippen LogP contribution in [0.15, 0.2) is 4.99 Å². The van der Waals surface area contributed by atoms with E-state index in [1.54, 1.807) is 0 Å². The van der Waals surface area contributed by atoms with E-state index in [0.717, 1.165) is 38.8 Å². The number of ether oxygens (including phenoxy) is 1. The van der Waals surface area contributed by atoms with E-state index in [0.29, 0.717) is 5.41 Å². The molecule has 3 fully saturated rings. The Kier molecular flexibility index (Phi) is 8.71. The molecule has 3 aliphatic heterocycles. The summed E-state index contributed by atoms with van der Waals surface area (Å²) < 4.78 is 5.63. The van der Waals surface area contributed by atoms with Crippen LogP contribution in [-0.2, 0) is 4.74 Å². The van der Waals surface area contributed by atoms with Crippen LogP contribution in [0.5, 0.6) is 0 Å². The third-order valence-electron chi connectivity index (χ3n) is 5.88. The SMILES string of the molecule is CN=C(NCCCN1CCCN(C)CC1)N1CCC2(CCOC2)C1.I. The molecule has 0 amide bonds. The zero-order chi connectivity index (χ0) is 16.8. The van der Waals surface area contributed by atoms with E-state index in [4.69, 9.17) is 4.74 Å². The number of nitrogens with zero attached hydrogens (tertiary/aromatic N) is 4. The van der Waals surface area contributed by atoms with E-state index < -0.39 is 0 Å². The van der Waals surface area contributed by atoms with Crippen LogP contribution in [0.2, 0.25) is 0 Å². The molecule has 1 atom stereocenters. The van der Waals surface area contributed by atoms with Gasteiger partial charge in [0.25, 0.3) is 0 Å². The van der Waals surface area contributed by atoms with Gasteiger partial charge >= 0.3 is 0 Å². The number of hydrogen-bond acceptors (Lipinski definition) is 4. The summed E-state index contributed by atoms with van der Waals surface area (Å²) in [5.41, 5.74) is 0.399. The van der Waals surface area contributed by atoms with Crippen molar-refractivity contribution in [1.29, 1.82) is 0 Å². The van der Waals surface area contributed by atoms with Crippen molar-refractivity contribution in [2.75, 3.05) is 79.7 Å². The largest absolute Gasteiger partial charge is 0.381 e. The molecule has 1 unspecified atom stereocenters. The van der Waals surface area contributed by atoms with Crippen molar-refractivity contribution < 1.29 is 4.74 Å². The molecule has 0 aromatic heterocycles. The molecule has 6 nitrogen and oxygen atoms in total. The molecule has 0 bridgehead atoms. The third-order valence-corrected chi connectivity index (χ3v) is 5.88. The number of guanidine groups is 1. The highest BCUT2D eigenvalue weighted by Gasteiger charge is 2.42. The molecule has 3 rings (SSSR count). The zero-order valence-corrected chi connectivity index (χ0v) is 18.3. The first-order valence-electron chi connectivity index (χ1n) is 9.65. The van der Waals surface area contributed by atoms with Gasteiger partial charge in [0.15, 0.2) is 5.96 Å². The monoisotopic (exact) mass is 465 g/mol. The van der Waals surface area contributed by atoms with Crippen LogP contribution in [0.1, 0.15) is 25.7 Å². The zero-order valence-electron chi connectivity index (χ0n) is 16.0. The fourth-order valence-corrected chi connectivity index (χ4v) is 4.25. The second kappa shape index (κ2) is 10.3. The third kappa shape index (κ3) is 5.94. The lowest BCUT2D eigenvalue weighted by atomic mass is 9.87. The molecule has 3 heterocycles. The van der Waals surface area contributed by atoms with Crippen molar-refractivity contribution in [2.45, 2.75) is 25.7 Å². The molecule has 25 heavy (non-hydrogen) atoms. The van der Waals surface area contributed by atoms with E-state index in [1.807, 2.05) is 7.05 Å². The van der Waals surface area contributed by atoms with Crippen LogP contribution >= 0.6 is 24.0 Å². The highest BCUT2D eigenvalue weighted by atomic mass is 127. The molecule has 0 radical (unpaired) electrons. The molecule has 0 aliphatic carbocycles. The van der Waals surface area contributed by atoms with Crippen LogP contribution in [0.3, 0.4) is 0 Å². The average molecular weight is 465 g/mol. The van der Waals surface area contributed by atoms with Gasteiger partial charge in [0.1, 0.15) is 0 Å². The molecule has 3 aliphatic rings. The summed E-state index contributed by atoms with van der Waals surface area (Å²) in [6.07, 6.45) is 4.94. The molecule has 3 saturated heterocycles. The maximum absolute atomic E-state index is 5.63. The van der Waals surface area contributed by atoms with Gasteiger partial charge in [-0.25, -0.2) is 0 Å². The first-order valence-corrected chi connectivity index (χ1v) is 9.65. The Morgan fingerprint density at radius 2 is 2.04 bits per heavy atom. The second-order valence-corrected chi connectivity index (χ2v) is 7.80. The highest BCUT2D eigenvalue weighted by Crippen LogP contribution is 2.38. The van der Waals surface area contributed by atoms with Gasteiger partial charge in [0, 0.05) is 51.8 Å². The Morgan fingerprint density at radius 3 is 2.80 bits per heavy atom. The second-order valence-electron chi connectivity index (χ2n) is 7.80. The Hall–Kier alpha value is -0.120. The maximum Gasteiger partial charge on any atom is 0.193 e. The van der Waals surface area contributed by atoms with E-state index in [9.17, 15) is 0 Å². The van der Waals surface area contributed by atoms with Crippen molar-refractivity contribution in [2.24, 2.45) is 10.4 Å². The lowest BCUT2D eigenvalue weighted by molar-refractivity contribution is 0.156. The maximum atomic E-state index is 5.63. The van der Waals surface area contributed by atoms with Gasteiger partial charge in [0.05, 0.1) is 6.61 Å². The Bertz CT molecular complexity index is 428. The van der Waals surface area contributed by atoms with Crippen LogP contribution in [0, 0.1) is 5.41 Å². The Morgan fingerprint density at radius 1 is 1.16 bits per heavy atom. The number of aliphatic imine (C=N–C) groups is 1. The first-order chi connectivity index (χ1) is 11.7. The quantitative estimate of drug-likeness (QED) is 0.294. The number of halogens is 1. The predicted molar refractivity (Wildman–Crippen MR) is 114 cm³/mol. The van der Waals surface area contributed by atoms with E-state index in [2.05, 4.69) is 32.1 Å². The van der Waals surface area contributed by atoms with Crippen molar-refractivity contribution >= 4 is 29.9 Å². The molecule has 0 aromatic rings. The summed E-state index contributed by atoms with van der Waals surface area (Å²) in [6, 6.07) is 0. The molecule has 1 N–H and O–H groups in total. The molecule has 1 spiro atoms. The topological polar surface area (TPSA) is 43.3 Å². The smallest absolute Gasteiger partial charge is 0.193 e. The molecule has 0 aromatic carbocycles. The lowest BCUT2D eigenvalue weighted by Gasteiger charge is -2.25. The summed E-state index contributed by atoms with van der Waals surface area (Å²) in [6.45, 7) is 11.2. The first kappa shape index (κ1) is 21.2. The normalized spacial score (nSPS) is 29.0. The Balaban J connectivity index is 0.00000225. The minimum atomic E-state index is 0. The minimum absolute atomic E-state index is 0. The van der Waals surface area contributed by atoms with E-state index >= 15 is 0 Å². The summed E-state index contributed by atoms with van der Waals surface area (Å²) >= 11 is 0. The molecular formula is C18H36IN5O. The minimum Gasteiger partial charge on any atom is -0.381 e. The fourth-order valence-electron chi connectivity index (χ4n) is 4.25. The van der Waals surface area contributed by atoms with Crippen molar-refractivity contribution in [3.63, 3.8) is 0 Å². The summed E-state index contributed by atoms with van der Waals surface area (Å²) in [5.74, 6) is 1.08.